The molecule has 0 aromatic rings. The molecule has 0 aliphatic heterocycles. The summed E-state index contributed by atoms with van der Waals surface area (Å²) >= 11 is 0. The number of rotatable bonds is 7. The van der Waals surface area contributed by atoms with Crippen molar-refractivity contribution in [3.05, 3.63) is 0 Å². The van der Waals surface area contributed by atoms with Crippen molar-refractivity contribution < 1.29 is 14.3 Å². The summed E-state index contributed by atoms with van der Waals surface area (Å²) in [5, 5.41) is 2.42. The third-order valence-corrected chi connectivity index (χ3v) is 1.93. The van der Waals surface area contributed by atoms with Crippen molar-refractivity contribution in [2.24, 2.45) is 5.73 Å². The van der Waals surface area contributed by atoms with Gasteiger partial charge in [0, 0.05) is 13.6 Å². The van der Waals surface area contributed by atoms with Crippen molar-refractivity contribution in [1.29, 1.82) is 0 Å². The Balaban J connectivity index is 3.69. The fourth-order valence-corrected chi connectivity index (χ4v) is 0.931. The van der Waals surface area contributed by atoms with Crippen LogP contribution in [-0.4, -0.2) is 56.1 Å². The van der Waals surface area contributed by atoms with Gasteiger partial charge in [-0.05, 0) is 13.8 Å². The molecular weight excluding hydrogens is 210 g/mol. The number of hydrogen-bond donors (Lipinski definition) is 2. The number of hydrogen-bond acceptors (Lipinski definition) is 4. The molecule has 0 aliphatic rings. The summed E-state index contributed by atoms with van der Waals surface area (Å²) < 4.78 is 5.31. The van der Waals surface area contributed by atoms with Crippen LogP contribution in [0.25, 0.3) is 0 Å². The highest BCUT2D eigenvalue weighted by atomic mass is 16.5. The molecule has 0 saturated carbocycles. The topological polar surface area (TPSA) is 84.7 Å². The number of nitrogens with one attached hydrogen (secondary N) is 1. The molecule has 0 rings (SSSR count). The Bertz CT molecular complexity index is 231. The zero-order valence-corrected chi connectivity index (χ0v) is 10.2. The molecule has 3 N–H and O–H groups in total. The van der Waals surface area contributed by atoms with Crippen LogP contribution >= 0.6 is 0 Å². The van der Waals surface area contributed by atoms with Crippen LogP contribution in [0.1, 0.15) is 13.8 Å². The van der Waals surface area contributed by atoms with E-state index in [-0.39, 0.29) is 31.0 Å². The van der Waals surface area contributed by atoms with Gasteiger partial charge in [-0.1, -0.05) is 0 Å². The highest BCUT2D eigenvalue weighted by Gasteiger charge is 2.09. The summed E-state index contributed by atoms with van der Waals surface area (Å²) in [6, 6.07) is 0. The smallest absolute Gasteiger partial charge is 0.241 e. The third kappa shape index (κ3) is 7.19. The van der Waals surface area contributed by atoms with E-state index in [9.17, 15) is 9.59 Å². The molecule has 6 nitrogen and oxygen atoms in total. The molecule has 0 atom stereocenters. The zero-order chi connectivity index (χ0) is 12.6. The molecular formula is C10H21N3O3. The predicted molar refractivity (Wildman–Crippen MR) is 60.8 cm³/mol. The van der Waals surface area contributed by atoms with Gasteiger partial charge in [-0.25, -0.2) is 0 Å². The predicted octanol–water partition coefficient (Wildman–Crippen LogP) is -1.06. The lowest BCUT2D eigenvalue weighted by molar-refractivity contribution is -0.132. The van der Waals surface area contributed by atoms with Crippen molar-refractivity contribution in [2.45, 2.75) is 20.0 Å². The van der Waals surface area contributed by atoms with Gasteiger partial charge >= 0.3 is 0 Å². The Morgan fingerprint density at radius 3 is 2.56 bits per heavy atom. The standard InChI is InChI=1S/C10H21N3O3/c1-8(2)16-5-4-13(3)10(15)7-12-9(14)6-11/h8H,4-7,11H2,1-3H3,(H,12,14). The normalized spacial score (nSPS) is 10.3. The largest absolute Gasteiger partial charge is 0.377 e. The van der Waals surface area contributed by atoms with Crippen molar-refractivity contribution in [3.8, 4) is 0 Å². The molecule has 94 valence electrons. The Morgan fingerprint density at radius 1 is 1.44 bits per heavy atom. The van der Waals surface area contributed by atoms with E-state index in [4.69, 9.17) is 10.5 Å². The molecule has 0 spiro atoms. The second-order valence-electron chi connectivity index (χ2n) is 3.72. The summed E-state index contributed by atoms with van der Waals surface area (Å²) in [6.45, 7) is 4.74. The summed E-state index contributed by atoms with van der Waals surface area (Å²) in [7, 11) is 1.67. The van der Waals surface area contributed by atoms with E-state index < -0.39 is 0 Å². The minimum atomic E-state index is -0.333. The number of carbonyl (C=O) groups is 2. The van der Waals surface area contributed by atoms with Gasteiger partial charge in [0.2, 0.25) is 11.8 Å². The zero-order valence-electron chi connectivity index (χ0n) is 10.2. The first-order chi connectivity index (χ1) is 7.47. The van der Waals surface area contributed by atoms with Crippen molar-refractivity contribution in [2.75, 3.05) is 33.3 Å². The first-order valence-corrected chi connectivity index (χ1v) is 5.29. The van der Waals surface area contributed by atoms with Crippen LogP contribution in [0.4, 0.5) is 0 Å². The monoisotopic (exact) mass is 231 g/mol. The van der Waals surface area contributed by atoms with Gasteiger partial charge in [-0.2, -0.15) is 0 Å². The SMILES string of the molecule is CC(C)OCCN(C)C(=O)CNC(=O)CN. The Hall–Kier alpha value is -1.14. The van der Waals surface area contributed by atoms with Crippen LogP contribution < -0.4 is 11.1 Å². The molecule has 0 heterocycles. The quantitative estimate of drug-likeness (QED) is 0.585. The molecule has 16 heavy (non-hydrogen) atoms. The number of ether oxygens (including phenoxy) is 1. The molecule has 2 amide bonds. The van der Waals surface area contributed by atoms with Crippen molar-refractivity contribution in [3.63, 3.8) is 0 Å². The van der Waals surface area contributed by atoms with E-state index in [1.54, 1.807) is 7.05 Å². The van der Waals surface area contributed by atoms with Crippen LogP contribution in [0, 0.1) is 0 Å². The Morgan fingerprint density at radius 2 is 2.06 bits per heavy atom. The van der Waals surface area contributed by atoms with Gasteiger partial charge in [0.05, 0.1) is 25.8 Å². The van der Waals surface area contributed by atoms with Gasteiger partial charge in [-0.3, -0.25) is 9.59 Å². The van der Waals surface area contributed by atoms with Gasteiger partial charge in [0.25, 0.3) is 0 Å². The van der Waals surface area contributed by atoms with E-state index in [1.165, 1.54) is 4.90 Å². The van der Waals surface area contributed by atoms with Crippen LogP contribution in [0.2, 0.25) is 0 Å². The lowest BCUT2D eigenvalue weighted by atomic mass is 10.4. The lowest BCUT2D eigenvalue weighted by Gasteiger charge is -2.18. The Kier molecular flexibility index (Phi) is 7.49. The first-order valence-electron chi connectivity index (χ1n) is 5.29. The van der Waals surface area contributed by atoms with Gasteiger partial charge in [0.1, 0.15) is 0 Å². The van der Waals surface area contributed by atoms with E-state index >= 15 is 0 Å². The minimum absolute atomic E-state index is 0.0196. The second-order valence-corrected chi connectivity index (χ2v) is 3.72. The van der Waals surface area contributed by atoms with Crippen LogP contribution in [0.3, 0.4) is 0 Å². The summed E-state index contributed by atoms with van der Waals surface area (Å²) in [4.78, 5) is 23.8. The molecule has 6 heteroatoms. The molecule has 0 saturated heterocycles. The van der Waals surface area contributed by atoms with Gasteiger partial charge in [-0.15, -0.1) is 0 Å². The van der Waals surface area contributed by atoms with E-state index in [0.29, 0.717) is 13.2 Å². The average Bonchev–Trinajstić information content (AvgIpc) is 2.24. The van der Waals surface area contributed by atoms with E-state index in [2.05, 4.69) is 5.32 Å². The fraction of sp³-hybridized carbons (Fsp3) is 0.800. The molecule has 0 radical (unpaired) electrons. The number of carbonyl (C=O) groups excluding carboxylic acids is 2. The maximum absolute atomic E-state index is 11.5. The number of amides is 2. The summed E-state index contributed by atoms with van der Waals surface area (Å²) in [5.74, 6) is -0.491. The van der Waals surface area contributed by atoms with Crippen LogP contribution in [0.5, 0.6) is 0 Å². The number of nitrogens with two attached hydrogens (primary N) is 1. The molecule has 0 aliphatic carbocycles. The summed E-state index contributed by atoms with van der Waals surface area (Å²) in [6.07, 6.45) is 0.153. The molecule has 0 unspecified atom stereocenters. The third-order valence-electron chi connectivity index (χ3n) is 1.93. The first kappa shape index (κ1) is 14.9. The minimum Gasteiger partial charge on any atom is -0.377 e. The van der Waals surface area contributed by atoms with E-state index in [1.807, 2.05) is 13.8 Å². The molecule has 0 fully saturated rings. The van der Waals surface area contributed by atoms with Gasteiger partial charge in [0.15, 0.2) is 0 Å². The molecule has 0 bridgehead atoms. The fourth-order valence-electron chi connectivity index (χ4n) is 0.931. The van der Waals surface area contributed by atoms with Gasteiger partial charge < -0.3 is 20.7 Å². The van der Waals surface area contributed by atoms with Crippen LogP contribution in [-0.2, 0) is 14.3 Å². The average molecular weight is 231 g/mol. The second kappa shape index (κ2) is 8.06. The maximum Gasteiger partial charge on any atom is 0.241 e. The number of nitrogens with zero attached hydrogens (tertiary/aromatic N) is 1. The summed E-state index contributed by atoms with van der Waals surface area (Å²) in [5.41, 5.74) is 5.09. The highest BCUT2D eigenvalue weighted by Crippen LogP contribution is 1.89. The number of likely N-dealkylation sites (N-methyl/N-ethyl adjacent to an activating group) is 1. The lowest BCUT2D eigenvalue weighted by Crippen LogP contribution is -2.41. The highest BCUT2D eigenvalue weighted by molar-refractivity contribution is 5.85. The Labute approximate surface area is 96.1 Å². The van der Waals surface area contributed by atoms with Crippen LogP contribution in [0.15, 0.2) is 0 Å². The molecule has 0 aromatic heterocycles. The van der Waals surface area contributed by atoms with Crippen molar-refractivity contribution >= 4 is 11.8 Å². The van der Waals surface area contributed by atoms with E-state index in [0.717, 1.165) is 0 Å². The molecule has 0 aromatic carbocycles. The van der Waals surface area contributed by atoms with Crippen molar-refractivity contribution in [1.82, 2.24) is 10.2 Å². The maximum atomic E-state index is 11.5.